The zero-order chi connectivity index (χ0) is 5.82. The molecule has 0 unspecified atom stereocenters. The molecule has 0 spiro atoms. The Balaban J connectivity index is 0.000000640. The topological polar surface area (TPSA) is 0 Å². The van der Waals surface area contributed by atoms with E-state index in [9.17, 15) is 0 Å². The molecule has 1 heteroatoms. The van der Waals surface area contributed by atoms with Gasteiger partial charge in [-0.05, 0) is 12.0 Å². The van der Waals surface area contributed by atoms with Crippen LogP contribution in [-0.4, -0.2) is 51.4 Å². The van der Waals surface area contributed by atoms with Gasteiger partial charge in [0.15, 0.2) is 0 Å². The van der Waals surface area contributed by atoms with Gasteiger partial charge in [0.1, 0.15) is 0 Å². The summed E-state index contributed by atoms with van der Waals surface area (Å²) in [6.45, 7) is 2.16. The second-order valence-corrected chi connectivity index (χ2v) is 1.84. The Morgan fingerprint density at radius 3 is 2.00 bits per heavy atom. The van der Waals surface area contributed by atoms with Crippen LogP contribution in [0.15, 0.2) is 30.3 Å². The van der Waals surface area contributed by atoms with Crippen LogP contribution in [0.25, 0.3) is 0 Å². The minimum absolute atomic E-state index is 0. The summed E-state index contributed by atoms with van der Waals surface area (Å²) in [6.07, 6.45) is 1.14. The molecule has 0 aliphatic rings. The van der Waals surface area contributed by atoms with Crippen LogP contribution in [-0.2, 0) is 6.42 Å². The van der Waals surface area contributed by atoms with Crippen molar-refractivity contribution in [1.29, 1.82) is 0 Å². The third-order valence-corrected chi connectivity index (χ3v) is 1.25. The summed E-state index contributed by atoms with van der Waals surface area (Å²) in [6, 6.07) is 10.5. The van der Waals surface area contributed by atoms with Crippen LogP contribution < -0.4 is 0 Å². The van der Waals surface area contributed by atoms with Crippen LogP contribution >= 0.6 is 0 Å². The normalized spacial score (nSPS) is 8.11. The Morgan fingerprint density at radius 1 is 1.11 bits per heavy atom. The summed E-state index contributed by atoms with van der Waals surface area (Å²) in [5, 5.41) is 0. The molecule has 0 nitrogen and oxygen atoms in total. The molecular formula is C8H10K. The molecule has 0 fully saturated rings. The monoisotopic (exact) mass is 145 g/mol. The van der Waals surface area contributed by atoms with Crippen LogP contribution in [0.5, 0.6) is 0 Å². The van der Waals surface area contributed by atoms with Gasteiger partial charge in [-0.15, -0.1) is 0 Å². The molecule has 1 radical (unpaired) electrons. The first-order chi connectivity index (χ1) is 3.93. The fourth-order valence-corrected chi connectivity index (χ4v) is 0.714. The van der Waals surface area contributed by atoms with Gasteiger partial charge in [0.05, 0.1) is 0 Å². The number of aryl methyl sites for hydroxylation is 1. The molecule has 1 rings (SSSR count). The minimum Gasteiger partial charge on any atom is -0.0622 e. The molecule has 0 heterocycles. The van der Waals surface area contributed by atoms with Gasteiger partial charge in [0.2, 0.25) is 0 Å². The van der Waals surface area contributed by atoms with Crippen molar-refractivity contribution in [2.75, 3.05) is 0 Å². The summed E-state index contributed by atoms with van der Waals surface area (Å²) in [5.41, 5.74) is 1.41. The summed E-state index contributed by atoms with van der Waals surface area (Å²) < 4.78 is 0. The van der Waals surface area contributed by atoms with E-state index < -0.39 is 0 Å². The van der Waals surface area contributed by atoms with Gasteiger partial charge < -0.3 is 0 Å². The van der Waals surface area contributed by atoms with Gasteiger partial charge in [0, 0.05) is 51.4 Å². The second-order valence-electron chi connectivity index (χ2n) is 1.84. The average Bonchev–Trinajstić information content (AvgIpc) is 1.90. The van der Waals surface area contributed by atoms with Crippen LogP contribution in [0.2, 0.25) is 0 Å². The van der Waals surface area contributed by atoms with Gasteiger partial charge >= 0.3 is 0 Å². The smallest absolute Gasteiger partial charge is 0 e. The van der Waals surface area contributed by atoms with Crippen LogP contribution in [0.4, 0.5) is 0 Å². The van der Waals surface area contributed by atoms with E-state index in [4.69, 9.17) is 0 Å². The summed E-state index contributed by atoms with van der Waals surface area (Å²) in [4.78, 5) is 0. The largest absolute Gasteiger partial charge is 0.0622 e. The van der Waals surface area contributed by atoms with Gasteiger partial charge in [0.25, 0.3) is 0 Å². The molecule has 0 aliphatic carbocycles. The first-order valence-corrected chi connectivity index (χ1v) is 2.97. The van der Waals surface area contributed by atoms with E-state index in [-0.39, 0.29) is 51.4 Å². The van der Waals surface area contributed by atoms with E-state index in [0.717, 1.165) is 6.42 Å². The van der Waals surface area contributed by atoms with E-state index in [2.05, 4.69) is 31.2 Å². The SMILES string of the molecule is CCc1ccccc1.[K]. The van der Waals surface area contributed by atoms with E-state index in [1.807, 2.05) is 6.07 Å². The van der Waals surface area contributed by atoms with Gasteiger partial charge in [-0.25, -0.2) is 0 Å². The van der Waals surface area contributed by atoms with Gasteiger partial charge in [-0.2, -0.15) is 0 Å². The van der Waals surface area contributed by atoms with Gasteiger partial charge in [-0.1, -0.05) is 37.3 Å². The Morgan fingerprint density at radius 2 is 1.67 bits per heavy atom. The first kappa shape index (κ1) is 9.86. The zero-order valence-electron chi connectivity index (χ0n) is 6.09. The van der Waals surface area contributed by atoms with Crippen molar-refractivity contribution in [2.24, 2.45) is 0 Å². The summed E-state index contributed by atoms with van der Waals surface area (Å²) in [5.74, 6) is 0. The molecule has 9 heavy (non-hydrogen) atoms. The predicted octanol–water partition coefficient (Wildman–Crippen LogP) is 1.87. The van der Waals surface area contributed by atoms with Crippen LogP contribution in [0.1, 0.15) is 12.5 Å². The van der Waals surface area contributed by atoms with Crippen molar-refractivity contribution in [2.45, 2.75) is 13.3 Å². The molecule has 1 aromatic carbocycles. The molecule has 0 amide bonds. The van der Waals surface area contributed by atoms with E-state index in [1.54, 1.807) is 0 Å². The summed E-state index contributed by atoms with van der Waals surface area (Å²) >= 11 is 0. The Kier molecular flexibility index (Phi) is 6.16. The number of benzene rings is 1. The molecule has 0 saturated heterocycles. The minimum atomic E-state index is 0. The predicted molar refractivity (Wildman–Crippen MR) is 41.6 cm³/mol. The second kappa shape index (κ2) is 5.63. The number of rotatable bonds is 1. The maximum atomic E-state index is 2.16. The fraction of sp³-hybridized carbons (Fsp3) is 0.250. The molecule has 0 atom stereocenters. The maximum absolute atomic E-state index is 2.16. The maximum Gasteiger partial charge on any atom is 0 e. The first-order valence-electron chi connectivity index (χ1n) is 2.97. The zero-order valence-corrected chi connectivity index (χ0v) is 9.22. The summed E-state index contributed by atoms with van der Waals surface area (Å²) in [7, 11) is 0. The molecule has 0 aromatic heterocycles. The molecule has 0 saturated carbocycles. The van der Waals surface area contributed by atoms with Crippen LogP contribution in [0, 0.1) is 0 Å². The van der Waals surface area contributed by atoms with E-state index in [1.165, 1.54) is 5.56 Å². The standard InChI is InChI=1S/C8H10.K/c1-2-8-6-4-3-5-7-8;/h3-7H,2H2,1H3;. The molecule has 1 aromatic rings. The third kappa shape index (κ3) is 3.53. The van der Waals surface area contributed by atoms with Crippen molar-refractivity contribution < 1.29 is 0 Å². The quantitative estimate of drug-likeness (QED) is 0.529. The molecule has 0 N–H and O–H groups in total. The van der Waals surface area contributed by atoms with Crippen molar-refractivity contribution in [3.63, 3.8) is 0 Å². The number of hydrogen-bond acceptors (Lipinski definition) is 0. The van der Waals surface area contributed by atoms with Gasteiger partial charge in [-0.3, -0.25) is 0 Å². The molecule has 43 valence electrons. The molecular weight excluding hydrogens is 135 g/mol. The number of hydrogen-bond donors (Lipinski definition) is 0. The molecule has 0 aliphatic heterocycles. The Bertz CT molecular complexity index is 146. The van der Waals surface area contributed by atoms with Crippen LogP contribution in [0.3, 0.4) is 0 Å². The third-order valence-electron chi connectivity index (χ3n) is 1.25. The van der Waals surface area contributed by atoms with E-state index in [0.29, 0.717) is 0 Å². The van der Waals surface area contributed by atoms with Crippen molar-refractivity contribution >= 4 is 51.4 Å². The van der Waals surface area contributed by atoms with E-state index >= 15 is 0 Å². The van der Waals surface area contributed by atoms with Crippen molar-refractivity contribution in [1.82, 2.24) is 0 Å². The van der Waals surface area contributed by atoms with Crippen molar-refractivity contribution in [3.05, 3.63) is 35.9 Å². The Hall–Kier alpha value is 0.856. The molecule has 0 bridgehead atoms. The Labute approximate surface area is 99.1 Å². The average molecular weight is 145 g/mol. The van der Waals surface area contributed by atoms with Crippen molar-refractivity contribution in [3.8, 4) is 0 Å². The fourth-order valence-electron chi connectivity index (χ4n) is 0.714.